The van der Waals surface area contributed by atoms with E-state index in [-0.39, 0.29) is 5.41 Å². The Morgan fingerprint density at radius 2 is 2.06 bits per heavy atom. The molecule has 2 aromatic heterocycles. The van der Waals surface area contributed by atoms with Gasteiger partial charge < -0.3 is 0 Å². The molecule has 1 aliphatic heterocycles. The third kappa shape index (κ3) is 1.74. The predicted molar refractivity (Wildman–Crippen MR) is 70.8 cm³/mol. The second-order valence-corrected chi connectivity index (χ2v) is 5.54. The molecule has 0 N–H and O–H groups in total. The Kier molecular flexibility index (Phi) is 2.33. The van der Waals surface area contributed by atoms with E-state index in [1.165, 1.54) is 0 Å². The summed E-state index contributed by atoms with van der Waals surface area (Å²) in [6.07, 6.45) is 1.78. The third-order valence-electron chi connectivity index (χ3n) is 3.04. The number of aliphatic imine (C=N–C) groups is 1. The molecule has 0 unspecified atom stereocenters. The molecule has 4 heteroatoms. The fraction of sp³-hybridized carbons (Fsp3) is 0.357. The number of aromatic nitrogens is 3. The summed E-state index contributed by atoms with van der Waals surface area (Å²) in [5.41, 5.74) is 3.17. The van der Waals surface area contributed by atoms with Crippen LogP contribution in [0.25, 0.3) is 0 Å². The first-order valence-electron chi connectivity index (χ1n) is 6.11. The Balaban J connectivity index is 2.04. The molecule has 0 aliphatic carbocycles. The molecule has 1 aliphatic rings. The quantitative estimate of drug-likeness (QED) is 0.768. The normalized spacial score (nSPS) is 14.5. The van der Waals surface area contributed by atoms with Crippen LogP contribution in [-0.4, -0.2) is 20.6 Å². The maximum atomic E-state index is 4.67. The molecule has 0 saturated carbocycles. The van der Waals surface area contributed by atoms with Gasteiger partial charge in [0.1, 0.15) is 5.69 Å². The average molecular weight is 240 g/mol. The van der Waals surface area contributed by atoms with Crippen molar-refractivity contribution in [2.45, 2.75) is 32.7 Å². The largest absolute Gasteiger partial charge is 0.258 e. The van der Waals surface area contributed by atoms with Gasteiger partial charge in [-0.25, -0.2) is 4.68 Å². The van der Waals surface area contributed by atoms with Crippen molar-refractivity contribution in [3.63, 3.8) is 0 Å². The lowest BCUT2D eigenvalue weighted by atomic mass is 9.92. The molecule has 0 amide bonds. The molecule has 0 atom stereocenters. The van der Waals surface area contributed by atoms with Gasteiger partial charge in [0.2, 0.25) is 0 Å². The van der Waals surface area contributed by atoms with Crippen molar-refractivity contribution in [1.82, 2.24) is 14.8 Å². The molecule has 4 nitrogen and oxygen atoms in total. The van der Waals surface area contributed by atoms with Gasteiger partial charge in [0, 0.05) is 11.6 Å². The van der Waals surface area contributed by atoms with Crippen LogP contribution in [-0.2, 0) is 12.0 Å². The highest BCUT2D eigenvalue weighted by Crippen LogP contribution is 2.24. The lowest BCUT2D eigenvalue weighted by molar-refractivity contribution is 0.562. The second kappa shape index (κ2) is 3.77. The first kappa shape index (κ1) is 11.1. The molecule has 3 rings (SSSR count). The van der Waals surface area contributed by atoms with Gasteiger partial charge in [-0.3, -0.25) is 9.98 Å². The molecule has 2 aromatic rings. The zero-order valence-corrected chi connectivity index (χ0v) is 10.9. The minimum Gasteiger partial charge on any atom is -0.258 e. The Morgan fingerprint density at radius 3 is 2.72 bits per heavy atom. The third-order valence-corrected chi connectivity index (χ3v) is 3.04. The lowest BCUT2D eigenvalue weighted by Crippen LogP contribution is -2.17. The summed E-state index contributed by atoms with van der Waals surface area (Å²) < 4.78 is 1.92. The smallest absolute Gasteiger partial charge is 0.175 e. The summed E-state index contributed by atoms with van der Waals surface area (Å²) in [5.74, 6) is 0.848. The minimum absolute atomic E-state index is 0.0621. The summed E-state index contributed by atoms with van der Waals surface area (Å²) in [6, 6.07) is 7.98. The number of hydrogen-bond acceptors (Lipinski definition) is 3. The Labute approximate surface area is 106 Å². The summed E-state index contributed by atoms with van der Waals surface area (Å²) in [7, 11) is 0. The van der Waals surface area contributed by atoms with Crippen molar-refractivity contribution in [2.24, 2.45) is 4.99 Å². The lowest BCUT2D eigenvalue weighted by Gasteiger charge is -2.14. The summed E-state index contributed by atoms with van der Waals surface area (Å²) in [4.78, 5) is 8.85. The topological polar surface area (TPSA) is 43.1 Å². The van der Waals surface area contributed by atoms with E-state index in [0.29, 0.717) is 6.54 Å². The first-order chi connectivity index (χ1) is 8.55. The van der Waals surface area contributed by atoms with Gasteiger partial charge in [-0.15, -0.1) is 0 Å². The maximum Gasteiger partial charge on any atom is 0.175 e. The van der Waals surface area contributed by atoms with Crippen molar-refractivity contribution in [1.29, 1.82) is 0 Å². The van der Waals surface area contributed by atoms with Crippen LogP contribution < -0.4 is 0 Å². The molecule has 0 bridgehead atoms. The Hall–Kier alpha value is -1.97. The van der Waals surface area contributed by atoms with Crippen LogP contribution in [0.5, 0.6) is 0 Å². The molecule has 0 aromatic carbocycles. The van der Waals surface area contributed by atoms with E-state index in [1.807, 2.05) is 22.9 Å². The molecule has 0 fully saturated rings. The van der Waals surface area contributed by atoms with Crippen LogP contribution in [0.2, 0.25) is 0 Å². The summed E-state index contributed by atoms with van der Waals surface area (Å²) in [6.45, 7) is 7.20. The van der Waals surface area contributed by atoms with Gasteiger partial charge >= 0.3 is 0 Å². The fourth-order valence-corrected chi connectivity index (χ4v) is 1.99. The number of pyridine rings is 1. The van der Waals surface area contributed by atoms with Crippen LogP contribution in [0.3, 0.4) is 0 Å². The number of hydrogen-bond donors (Lipinski definition) is 0. The summed E-state index contributed by atoms with van der Waals surface area (Å²) in [5, 5.41) is 4.67. The molecule has 0 spiro atoms. The van der Waals surface area contributed by atoms with Crippen LogP contribution in [0.4, 0.5) is 0 Å². The van der Waals surface area contributed by atoms with Gasteiger partial charge in [-0.2, -0.15) is 5.10 Å². The fourth-order valence-electron chi connectivity index (χ4n) is 1.99. The van der Waals surface area contributed by atoms with Crippen molar-refractivity contribution in [2.75, 3.05) is 0 Å². The highest BCUT2D eigenvalue weighted by Gasteiger charge is 2.25. The van der Waals surface area contributed by atoms with Crippen LogP contribution in [0, 0.1) is 0 Å². The predicted octanol–water partition coefficient (Wildman–Crippen LogP) is 2.38. The van der Waals surface area contributed by atoms with Crippen molar-refractivity contribution >= 4 is 5.84 Å². The first-order valence-corrected chi connectivity index (χ1v) is 6.11. The maximum absolute atomic E-state index is 4.67. The van der Waals surface area contributed by atoms with Crippen molar-refractivity contribution in [3.8, 4) is 0 Å². The average Bonchev–Trinajstić information content (AvgIpc) is 2.88. The highest BCUT2D eigenvalue weighted by atomic mass is 15.4. The van der Waals surface area contributed by atoms with E-state index >= 15 is 0 Å². The van der Waals surface area contributed by atoms with Gasteiger partial charge in [0.05, 0.1) is 17.9 Å². The number of nitrogens with zero attached hydrogens (tertiary/aromatic N) is 4. The van der Waals surface area contributed by atoms with Crippen molar-refractivity contribution in [3.05, 3.63) is 47.5 Å². The van der Waals surface area contributed by atoms with E-state index in [9.17, 15) is 0 Å². The van der Waals surface area contributed by atoms with E-state index in [1.54, 1.807) is 6.20 Å². The second-order valence-electron chi connectivity index (χ2n) is 5.54. The monoisotopic (exact) mass is 240 g/mol. The number of fused-ring (bicyclic) bond motifs is 1. The van der Waals surface area contributed by atoms with Gasteiger partial charge in [0.25, 0.3) is 0 Å². The molecular weight excluding hydrogens is 224 g/mol. The van der Waals surface area contributed by atoms with Gasteiger partial charge in [-0.05, 0) is 18.2 Å². The van der Waals surface area contributed by atoms with Gasteiger partial charge in [0.15, 0.2) is 5.84 Å². The molecule has 3 heterocycles. The van der Waals surface area contributed by atoms with Crippen LogP contribution in [0.15, 0.2) is 35.5 Å². The highest BCUT2D eigenvalue weighted by molar-refractivity contribution is 5.99. The zero-order valence-electron chi connectivity index (χ0n) is 10.9. The van der Waals surface area contributed by atoms with Crippen LogP contribution >= 0.6 is 0 Å². The number of rotatable bonds is 1. The Morgan fingerprint density at radius 1 is 1.22 bits per heavy atom. The summed E-state index contributed by atoms with van der Waals surface area (Å²) >= 11 is 0. The molecule has 92 valence electrons. The van der Waals surface area contributed by atoms with Crippen LogP contribution in [0.1, 0.15) is 37.9 Å². The van der Waals surface area contributed by atoms with Crippen molar-refractivity contribution < 1.29 is 0 Å². The zero-order chi connectivity index (χ0) is 12.8. The molecule has 18 heavy (non-hydrogen) atoms. The van der Waals surface area contributed by atoms with E-state index in [2.05, 4.69) is 41.9 Å². The molecule has 0 radical (unpaired) electrons. The minimum atomic E-state index is 0.0621. The standard InChI is InChI=1S/C14H16N4/c1-14(2,3)12-8-10-9-16-13(18(10)17-12)11-6-4-5-7-15-11/h4-8H,9H2,1-3H3. The van der Waals surface area contributed by atoms with E-state index in [4.69, 9.17) is 0 Å². The van der Waals surface area contributed by atoms with E-state index < -0.39 is 0 Å². The van der Waals surface area contributed by atoms with Gasteiger partial charge in [-0.1, -0.05) is 26.8 Å². The Bertz CT molecular complexity index is 602. The molecule has 0 saturated heterocycles. The van der Waals surface area contributed by atoms with E-state index in [0.717, 1.165) is 22.9 Å². The molecular formula is C14H16N4. The SMILES string of the molecule is CC(C)(C)c1cc2n(n1)C(c1ccccn1)=NC2.